The van der Waals surface area contributed by atoms with Crippen molar-refractivity contribution in [3.8, 4) is 0 Å². The van der Waals surface area contributed by atoms with E-state index in [4.69, 9.17) is 4.74 Å². The van der Waals surface area contributed by atoms with Crippen molar-refractivity contribution in [2.45, 2.75) is 19.8 Å². The molecule has 0 fully saturated rings. The molecule has 0 spiro atoms. The molecule has 18 heavy (non-hydrogen) atoms. The highest BCUT2D eigenvalue weighted by Gasteiger charge is 2.14. The van der Waals surface area contributed by atoms with E-state index in [0.717, 1.165) is 16.5 Å². The fourth-order valence-corrected chi connectivity index (χ4v) is 1.86. The van der Waals surface area contributed by atoms with E-state index in [1.54, 1.807) is 19.2 Å². The van der Waals surface area contributed by atoms with Crippen LogP contribution in [-0.4, -0.2) is 34.3 Å². The van der Waals surface area contributed by atoms with Crippen molar-refractivity contribution in [3.05, 3.63) is 29.7 Å². The maximum Gasteiger partial charge on any atom is 0.356 e. The normalized spacial score (nSPS) is 12.6. The van der Waals surface area contributed by atoms with Gasteiger partial charge in [-0.3, -0.25) is 0 Å². The van der Waals surface area contributed by atoms with Crippen LogP contribution < -0.4 is 0 Å². The Morgan fingerprint density at radius 1 is 1.61 bits per heavy atom. The average molecular weight is 248 g/mol. The summed E-state index contributed by atoms with van der Waals surface area (Å²) < 4.78 is 4.90. The summed E-state index contributed by atoms with van der Waals surface area (Å²) >= 11 is 0. The Hall–Kier alpha value is -1.88. The average Bonchev–Trinajstić information content (AvgIpc) is 2.81. The minimum absolute atomic E-state index is 0.0361. The molecule has 0 amide bonds. The number of aliphatic hydroxyl groups excluding tert-OH is 1. The number of H-pyrrole nitrogens is 1. The van der Waals surface area contributed by atoms with Crippen LogP contribution in [0.3, 0.4) is 0 Å². The molecule has 2 N–H and O–H groups in total. The molecular weight excluding hydrogens is 232 g/mol. The molecule has 5 nitrogen and oxygen atoms in total. The number of ether oxygens (including phenoxy) is 1. The molecule has 1 atom stereocenters. The van der Waals surface area contributed by atoms with Crippen LogP contribution in [0.2, 0.25) is 0 Å². The van der Waals surface area contributed by atoms with Gasteiger partial charge in [0.1, 0.15) is 5.69 Å². The maximum atomic E-state index is 11.5. The molecule has 2 aromatic heterocycles. The molecule has 2 aromatic rings. The zero-order valence-electron chi connectivity index (χ0n) is 10.4. The minimum atomic E-state index is -0.425. The Labute approximate surface area is 105 Å². The first-order valence-electron chi connectivity index (χ1n) is 5.92. The summed E-state index contributed by atoms with van der Waals surface area (Å²) in [7, 11) is 0. The predicted octanol–water partition coefficient (Wildman–Crippen LogP) is 1.84. The van der Waals surface area contributed by atoms with Gasteiger partial charge in [0.15, 0.2) is 0 Å². The lowest BCUT2D eigenvalue weighted by molar-refractivity contribution is 0.0519. The summed E-state index contributed by atoms with van der Waals surface area (Å²) in [5.41, 5.74) is 2.10. The molecule has 0 radical (unpaired) electrons. The zero-order valence-corrected chi connectivity index (χ0v) is 10.4. The number of carbonyl (C=O) groups excluding carboxylic acids is 1. The first-order chi connectivity index (χ1) is 8.67. The van der Waals surface area contributed by atoms with Gasteiger partial charge in [-0.25, -0.2) is 9.78 Å². The third-order valence-electron chi connectivity index (χ3n) is 2.89. The topological polar surface area (TPSA) is 75.2 Å². The lowest BCUT2D eigenvalue weighted by Crippen LogP contribution is -2.06. The Morgan fingerprint density at radius 2 is 2.39 bits per heavy atom. The number of aromatic nitrogens is 2. The number of fused-ring (bicyclic) bond motifs is 1. The third-order valence-corrected chi connectivity index (χ3v) is 2.89. The Balaban J connectivity index is 2.39. The SMILES string of the molecule is CCOC(=O)c1cc2[nH]cc(C(C)CO)c2cn1. The number of esters is 1. The van der Waals surface area contributed by atoms with Crippen molar-refractivity contribution in [2.75, 3.05) is 13.2 Å². The summed E-state index contributed by atoms with van der Waals surface area (Å²) in [6, 6.07) is 1.67. The van der Waals surface area contributed by atoms with E-state index in [1.807, 2.05) is 13.1 Å². The monoisotopic (exact) mass is 248 g/mol. The van der Waals surface area contributed by atoms with Gasteiger partial charge in [0.2, 0.25) is 0 Å². The lowest BCUT2D eigenvalue weighted by Gasteiger charge is -2.06. The van der Waals surface area contributed by atoms with Gasteiger partial charge in [-0.2, -0.15) is 0 Å². The number of rotatable bonds is 4. The highest BCUT2D eigenvalue weighted by molar-refractivity contribution is 5.93. The Kier molecular flexibility index (Phi) is 3.62. The predicted molar refractivity (Wildman–Crippen MR) is 67.6 cm³/mol. The summed E-state index contributed by atoms with van der Waals surface area (Å²) in [6.07, 6.45) is 3.47. The van der Waals surface area contributed by atoms with Crippen LogP contribution in [-0.2, 0) is 4.74 Å². The van der Waals surface area contributed by atoms with Crippen molar-refractivity contribution < 1.29 is 14.6 Å². The van der Waals surface area contributed by atoms with Gasteiger partial charge in [-0.15, -0.1) is 0 Å². The van der Waals surface area contributed by atoms with Crippen molar-refractivity contribution in [1.82, 2.24) is 9.97 Å². The molecule has 1 unspecified atom stereocenters. The molecule has 5 heteroatoms. The van der Waals surface area contributed by atoms with Gasteiger partial charge >= 0.3 is 5.97 Å². The number of nitrogens with zero attached hydrogens (tertiary/aromatic N) is 1. The first-order valence-corrected chi connectivity index (χ1v) is 5.92. The van der Waals surface area contributed by atoms with E-state index >= 15 is 0 Å². The molecule has 0 bridgehead atoms. The van der Waals surface area contributed by atoms with Crippen LogP contribution in [0.5, 0.6) is 0 Å². The van der Waals surface area contributed by atoms with Gasteiger partial charge in [0, 0.05) is 35.8 Å². The molecule has 0 aliphatic carbocycles. The van der Waals surface area contributed by atoms with Crippen molar-refractivity contribution in [1.29, 1.82) is 0 Å². The third kappa shape index (κ3) is 2.22. The van der Waals surface area contributed by atoms with Crippen LogP contribution in [0.25, 0.3) is 10.9 Å². The maximum absolute atomic E-state index is 11.5. The molecule has 0 aromatic carbocycles. The molecule has 0 saturated heterocycles. The summed E-state index contributed by atoms with van der Waals surface area (Å²) in [5.74, 6) is -0.389. The van der Waals surface area contributed by atoms with Crippen LogP contribution in [0, 0.1) is 0 Å². The highest BCUT2D eigenvalue weighted by Crippen LogP contribution is 2.25. The molecule has 96 valence electrons. The number of aliphatic hydroxyl groups is 1. The van der Waals surface area contributed by atoms with Crippen LogP contribution >= 0.6 is 0 Å². The quantitative estimate of drug-likeness (QED) is 0.809. The smallest absolute Gasteiger partial charge is 0.356 e. The number of nitrogens with one attached hydrogen (secondary N) is 1. The van der Waals surface area contributed by atoms with E-state index in [9.17, 15) is 9.90 Å². The summed E-state index contributed by atoms with van der Waals surface area (Å²) in [6.45, 7) is 4.09. The molecule has 2 rings (SSSR count). The van der Waals surface area contributed by atoms with Gasteiger partial charge in [0.05, 0.1) is 6.61 Å². The molecular formula is C13H16N2O3. The van der Waals surface area contributed by atoms with E-state index in [2.05, 4.69) is 9.97 Å². The van der Waals surface area contributed by atoms with Crippen molar-refractivity contribution in [2.24, 2.45) is 0 Å². The largest absolute Gasteiger partial charge is 0.461 e. The fourth-order valence-electron chi connectivity index (χ4n) is 1.86. The molecule has 2 heterocycles. The number of carbonyl (C=O) groups is 1. The number of pyridine rings is 1. The van der Waals surface area contributed by atoms with E-state index in [0.29, 0.717) is 6.61 Å². The summed E-state index contributed by atoms with van der Waals surface area (Å²) in [4.78, 5) is 18.7. The number of aromatic amines is 1. The van der Waals surface area contributed by atoms with Crippen LogP contribution in [0.15, 0.2) is 18.5 Å². The van der Waals surface area contributed by atoms with Crippen molar-refractivity contribution >= 4 is 16.9 Å². The fraction of sp³-hybridized carbons (Fsp3) is 0.385. The van der Waals surface area contributed by atoms with Gasteiger partial charge in [-0.1, -0.05) is 6.92 Å². The standard InChI is InChI=1S/C13H16N2O3/c1-3-18-13(17)12-4-11-10(6-15-12)9(5-14-11)8(2)7-16/h4-6,8,14,16H,3,7H2,1-2H3. The molecule has 0 saturated carbocycles. The Morgan fingerprint density at radius 3 is 3.06 bits per heavy atom. The van der Waals surface area contributed by atoms with Gasteiger partial charge in [-0.05, 0) is 18.6 Å². The van der Waals surface area contributed by atoms with Gasteiger partial charge in [0.25, 0.3) is 0 Å². The van der Waals surface area contributed by atoms with Crippen LogP contribution in [0.4, 0.5) is 0 Å². The van der Waals surface area contributed by atoms with E-state index in [1.165, 1.54) is 0 Å². The van der Waals surface area contributed by atoms with Gasteiger partial charge < -0.3 is 14.8 Å². The Bertz CT molecular complexity index is 562. The minimum Gasteiger partial charge on any atom is -0.461 e. The molecule has 0 aliphatic rings. The first kappa shape index (κ1) is 12.6. The van der Waals surface area contributed by atoms with E-state index < -0.39 is 5.97 Å². The zero-order chi connectivity index (χ0) is 13.1. The lowest BCUT2D eigenvalue weighted by atomic mass is 10.0. The second kappa shape index (κ2) is 5.18. The summed E-state index contributed by atoms with van der Waals surface area (Å²) in [5, 5.41) is 10.1. The van der Waals surface area contributed by atoms with Crippen LogP contribution in [0.1, 0.15) is 35.8 Å². The highest BCUT2D eigenvalue weighted by atomic mass is 16.5. The second-order valence-corrected chi connectivity index (χ2v) is 4.16. The van der Waals surface area contributed by atoms with Crippen molar-refractivity contribution in [3.63, 3.8) is 0 Å². The number of hydrogen-bond donors (Lipinski definition) is 2. The molecule has 0 aliphatic heterocycles. The van der Waals surface area contributed by atoms with E-state index in [-0.39, 0.29) is 18.2 Å². The number of hydrogen-bond acceptors (Lipinski definition) is 4. The second-order valence-electron chi connectivity index (χ2n) is 4.16.